The molecule has 0 aliphatic carbocycles. The summed E-state index contributed by atoms with van der Waals surface area (Å²) in [5.74, 6) is 1.40. The number of hydrogen-bond acceptors (Lipinski definition) is 6. The van der Waals surface area contributed by atoms with Gasteiger partial charge < -0.3 is 24.5 Å². The van der Waals surface area contributed by atoms with Gasteiger partial charge in [-0.1, -0.05) is 13.8 Å². The number of hydrogen-bond donors (Lipinski definition) is 2. The highest BCUT2D eigenvalue weighted by Gasteiger charge is 2.26. The van der Waals surface area contributed by atoms with E-state index in [2.05, 4.69) is 29.0 Å². The minimum Gasteiger partial charge on any atom is -0.493 e. The number of rotatable bonds is 6. The molecule has 1 saturated heterocycles. The zero-order chi connectivity index (χ0) is 21.1. The number of amides is 1. The summed E-state index contributed by atoms with van der Waals surface area (Å²) < 4.78 is 15.6. The molecule has 1 amide bonds. The number of benzene rings is 1. The Labute approximate surface area is 170 Å². The van der Waals surface area contributed by atoms with E-state index in [1.165, 1.54) is 27.8 Å². The van der Waals surface area contributed by atoms with Crippen LogP contribution < -0.4 is 14.8 Å². The number of ether oxygens (including phenoxy) is 3. The maximum atomic E-state index is 12.8. The Hall–Kier alpha value is -2.74. The molecule has 2 heterocycles. The first-order valence-electron chi connectivity index (χ1n) is 9.74. The van der Waals surface area contributed by atoms with E-state index in [0.717, 1.165) is 13.1 Å². The molecule has 0 radical (unpaired) electrons. The molecule has 1 aromatic carbocycles. The van der Waals surface area contributed by atoms with Crippen LogP contribution in [0, 0.1) is 11.8 Å². The van der Waals surface area contributed by atoms with Gasteiger partial charge in [0.1, 0.15) is 5.69 Å². The Morgan fingerprint density at radius 1 is 1.10 bits per heavy atom. The minimum atomic E-state index is -0.561. The summed E-state index contributed by atoms with van der Waals surface area (Å²) in [6.07, 6.45) is 1.18. The average molecular weight is 403 g/mol. The Balaban J connectivity index is 1.91. The fourth-order valence-electron chi connectivity index (χ4n) is 4.21. The number of aromatic nitrogens is 1. The van der Waals surface area contributed by atoms with Crippen LogP contribution in [0.1, 0.15) is 30.8 Å². The number of carbonyl (C=O) groups is 2. The van der Waals surface area contributed by atoms with Gasteiger partial charge in [0.2, 0.25) is 5.91 Å². The summed E-state index contributed by atoms with van der Waals surface area (Å²) in [5, 5.41) is 3.56. The molecule has 1 aromatic heterocycles. The number of fused-ring (bicyclic) bond motifs is 1. The first-order valence-corrected chi connectivity index (χ1v) is 9.74. The van der Waals surface area contributed by atoms with E-state index < -0.39 is 5.97 Å². The number of methoxy groups -OCH3 is 3. The number of H-pyrrole nitrogens is 1. The van der Waals surface area contributed by atoms with Gasteiger partial charge in [-0.15, -0.1) is 0 Å². The summed E-state index contributed by atoms with van der Waals surface area (Å²) in [6, 6.07) is 3.46. The van der Waals surface area contributed by atoms with Crippen LogP contribution in [0.15, 0.2) is 12.1 Å². The monoisotopic (exact) mass is 403 g/mol. The molecule has 2 N–H and O–H groups in total. The Bertz CT molecular complexity index is 897. The first kappa shape index (κ1) is 21.0. The second kappa shape index (κ2) is 8.73. The minimum absolute atomic E-state index is 0.174. The van der Waals surface area contributed by atoms with Crippen LogP contribution in [-0.4, -0.2) is 62.7 Å². The van der Waals surface area contributed by atoms with Crippen molar-refractivity contribution in [1.82, 2.24) is 9.88 Å². The van der Waals surface area contributed by atoms with Crippen LogP contribution in [0.2, 0.25) is 0 Å². The molecule has 2 unspecified atom stereocenters. The molecule has 29 heavy (non-hydrogen) atoms. The van der Waals surface area contributed by atoms with Crippen molar-refractivity contribution in [2.24, 2.45) is 11.8 Å². The number of anilines is 1. The molecule has 2 aromatic rings. The first-order chi connectivity index (χ1) is 13.9. The van der Waals surface area contributed by atoms with Crippen molar-refractivity contribution in [2.45, 2.75) is 20.3 Å². The predicted molar refractivity (Wildman–Crippen MR) is 111 cm³/mol. The van der Waals surface area contributed by atoms with Crippen LogP contribution in [0.4, 0.5) is 5.69 Å². The number of piperidine rings is 1. The molecule has 8 nitrogen and oxygen atoms in total. The molecule has 1 fully saturated rings. The molecule has 0 bridgehead atoms. The maximum Gasteiger partial charge on any atom is 0.356 e. The standard InChI is InChI=1S/C21H29N3O5/c1-12-6-13(2)10-24(9-12)11-18(25)23-19-14-7-16(27-3)17(28-4)8-15(14)22-20(19)21(26)29-5/h7-8,12-13,22H,6,9-11H2,1-5H3,(H,23,25). The van der Waals surface area contributed by atoms with Crippen LogP contribution in [0.5, 0.6) is 11.5 Å². The lowest BCUT2D eigenvalue weighted by Gasteiger charge is -2.34. The number of nitrogens with one attached hydrogen (secondary N) is 2. The van der Waals surface area contributed by atoms with Crippen LogP contribution in [0.25, 0.3) is 10.9 Å². The normalized spacial score (nSPS) is 19.8. The lowest BCUT2D eigenvalue weighted by atomic mass is 9.92. The molecular formula is C21H29N3O5. The van der Waals surface area contributed by atoms with Crippen LogP contribution in [-0.2, 0) is 9.53 Å². The molecule has 0 saturated carbocycles. The topological polar surface area (TPSA) is 92.9 Å². The van der Waals surface area contributed by atoms with Gasteiger partial charge in [0.05, 0.1) is 39.1 Å². The smallest absolute Gasteiger partial charge is 0.356 e. The number of nitrogens with zero attached hydrogens (tertiary/aromatic N) is 1. The van der Waals surface area contributed by atoms with Crippen molar-refractivity contribution in [3.63, 3.8) is 0 Å². The molecule has 8 heteroatoms. The summed E-state index contributed by atoms with van der Waals surface area (Å²) in [6.45, 7) is 6.46. The third-order valence-corrected chi connectivity index (χ3v) is 5.27. The van der Waals surface area contributed by atoms with E-state index in [1.807, 2.05) is 0 Å². The Morgan fingerprint density at radius 3 is 2.31 bits per heavy atom. The highest BCUT2D eigenvalue weighted by Crippen LogP contribution is 2.37. The summed E-state index contributed by atoms with van der Waals surface area (Å²) >= 11 is 0. The lowest BCUT2D eigenvalue weighted by Crippen LogP contribution is -2.42. The Morgan fingerprint density at radius 2 is 1.72 bits per heavy atom. The zero-order valence-electron chi connectivity index (χ0n) is 17.6. The molecule has 0 spiro atoms. The van der Waals surface area contributed by atoms with Crippen molar-refractivity contribution in [3.8, 4) is 11.5 Å². The number of aromatic amines is 1. The predicted octanol–water partition coefficient (Wildman–Crippen LogP) is 2.89. The van der Waals surface area contributed by atoms with Crippen LogP contribution in [0.3, 0.4) is 0 Å². The fourth-order valence-corrected chi connectivity index (χ4v) is 4.21. The van der Waals surface area contributed by atoms with Crippen molar-refractivity contribution in [1.29, 1.82) is 0 Å². The molecule has 158 valence electrons. The largest absolute Gasteiger partial charge is 0.493 e. The molecule has 1 aliphatic heterocycles. The molecule has 1 aliphatic rings. The summed E-state index contributed by atoms with van der Waals surface area (Å²) in [5.41, 5.74) is 1.21. The van der Waals surface area contributed by atoms with Crippen LogP contribution >= 0.6 is 0 Å². The quantitative estimate of drug-likeness (QED) is 0.721. The van der Waals surface area contributed by atoms with Crippen molar-refractivity contribution >= 4 is 28.5 Å². The van der Waals surface area contributed by atoms with E-state index in [0.29, 0.717) is 39.9 Å². The number of likely N-dealkylation sites (tertiary alicyclic amines) is 1. The van der Waals surface area contributed by atoms with Gasteiger partial charge >= 0.3 is 5.97 Å². The third-order valence-electron chi connectivity index (χ3n) is 5.27. The fraction of sp³-hybridized carbons (Fsp3) is 0.524. The van der Waals surface area contributed by atoms with E-state index in [-0.39, 0.29) is 18.1 Å². The van der Waals surface area contributed by atoms with Crippen molar-refractivity contribution in [3.05, 3.63) is 17.8 Å². The number of esters is 1. The number of carbonyl (C=O) groups excluding carboxylic acids is 2. The van der Waals surface area contributed by atoms with Gasteiger partial charge in [0.25, 0.3) is 0 Å². The summed E-state index contributed by atoms with van der Waals surface area (Å²) in [7, 11) is 4.38. The molecule has 2 atom stereocenters. The van der Waals surface area contributed by atoms with E-state index >= 15 is 0 Å². The third kappa shape index (κ3) is 4.48. The van der Waals surface area contributed by atoms with Crippen molar-refractivity contribution in [2.75, 3.05) is 46.3 Å². The zero-order valence-corrected chi connectivity index (χ0v) is 17.6. The average Bonchev–Trinajstić information content (AvgIpc) is 3.02. The second-order valence-electron chi connectivity index (χ2n) is 7.81. The Kier molecular flexibility index (Phi) is 6.32. The van der Waals surface area contributed by atoms with E-state index in [9.17, 15) is 9.59 Å². The SMILES string of the molecule is COC(=O)c1[nH]c2cc(OC)c(OC)cc2c1NC(=O)CN1CC(C)CC(C)C1. The van der Waals surface area contributed by atoms with E-state index in [1.54, 1.807) is 12.1 Å². The van der Waals surface area contributed by atoms with Gasteiger partial charge in [-0.25, -0.2) is 4.79 Å². The van der Waals surface area contributed by atoms with E-state index in [4.69, 9.17) is 14.2 Å². The maximum absolute atomic E-state index is 12.8. The van der Waals surface area contributed by atoms with Gasteiger partial charge in [-0.2, -0.15) is 0 Å². The van der Waals surface area contributed by atoms with Gasteiger partial charge in [-0.3, -0.25) is 9.69 Å². The summed E-state index contributed by atoms with van der Waals surface area (Å²) in [4.78, 5) is 30.3. The van der Waals surface area contributed by atoms with Gasteiger partial charge in [0, 0.05) is 24.5 Å². The van der Waals surface area contributed by atoms with Crippen molar-refractivity contribution < 1.29 is 23.8 Å². The molecular weight excluding hydrogens is 374 g/mol. The van der Waals surface area contributed by atoms with Gasteiger partial charge in [0.15, 0.2) is 11.5 Å². The lowest BCUT2D eigenvalue weighted by molar-refractivity contribution is -0.117. The van der Waals surface area contributed by atoms with Gasteiger partial charge in [-0.05, 0) is 24.3 Å². The highest BCUT2D eigenvalue weighted by molar-refractivity contribution is 6.11. The molecule has 3 rings (SSSR count). The highest BCUT2D eigenvalue weighted by atomic mass is 16.5. The second-order valence-corrected chi connectivity index (χ2v) is 7.81.